The number of nitrogens with one attached hydrogen (secondary N) is 1. The molecule has 2 rings (SSSR count). The predicted octanol–water partition coefficient (Wildman–Crippen LogP) is 3.29. The van der Waals surface area contributed by atoms with E-state index in [1.54, 1.807) is 0 Å². The summed E-state index contributed by atoms with van der Waals surface area (Å²) < 4.78 is 6.19. The summed E-state index contributed by atoms with van der Waals surface area (Å²) in [6.45, 7) is 13.3. The van der Waals surface area contributed by atoms with Crippen molar-refractivity contribution in [3.05, 3.63) is 0 Å². The number of nitrogens with zero attached hydrogens (tertiary/aromatic N) is 1. The second-order valence-corrected chi connectivity index (χ2v) is 7.28. The molecule has 0 aromatic carbocycles. The second kappa shape index (κ2) is 8.50. The Balaban J connectivity index is 1.99. The average Bonchev–Trinajstić information content (AvgIpc) is 2.52. The van der Waals surface area contributed by atoms with Crippen LogP contribution < -0.4 is 5.32 Å². The minimum absolute atomic E-state index is 0.377. The highest BCUT2D eigenvalue weighted by molar-refractivity contribution is 4.91. The predicted molar refractivity (Wildman–Crippen MR) is 89.7 cm³/mol. The molecule has 21 heavy (non-hydrogen) atoms. The Bertz CT molecular complexity index is 295. The van der Waals surface area contributed by atoms with Gasteiger partial charge in [0, 0.05) is 25.2 Å². The van der Waals surface area contributed by atoms with Crippen molar-refractivity contribution in [2.24, 2.45) is 11.8 Å². The highest BCUT2D eigenvalue weighted by atomic mass is 16.5. The normalized spacial score (nSPS) is 33.3. The molecule has 3 nitrogen and oxygen atoms in total. The molecule has 0 aromatic heterocycles. The van der Waals surface area contributed by atoms with E-state index in [9.17, 15) is 0 Å². The topological polar surface area (TPSA) is 24.5 Å². The molecule has 0 radical (unpaired) electrons. The van der Waals surface area contributed by atoms with E-state index in [1.807, 2.05) is 0 Å². The fourth-order valence-electron chi connectivity index (χ4n) is 4.25. The molecule has 3 heteroatoms. The van der Waals surface area contributed by atoms with E-state index < -0.39 is 0 Å². The van der Waals surface area contributed by atoms with E-state index >= 15 is 0 Å². The third-order valence-corrected chi connectivity index (χ3v) is 5.60. The second-order valence-electron chi connectivity index (χ2n) is 7.28. The molecule has 1 heterocycles. The fraction of sp³-hybridized carbons (Fsp3) is 1.00. The van der Waals surface area contributed by atoms with Crippen molar-refractivity contribution in [3.8, 4) is 0 Å². The van der Waals surface area contributed by atoms with Crippen molar-refractivity contribution < 1.29 is 4.74 Å². The maximum Gasteiger partial charge on any atom is 0.0858 e. The van der Waals surface area contributed by atoms with Gasteiger partial charge in [-0.05, 0) is 45.1 Å². The third-order valence-electron chi connectivity index (χ3n) is 5.60. The molecular formula is C18H36N2O. The molecule has 1 aliphatic heterocycles. The summed E-state index contributed by atoms with van der Waals surface area (Å²) in [5, 5.41) is 3.77. The minimum Gasteiger partial charge on any atom is -0.374 e. The van der Waals surface area contributed by atoms with Gasteiger partial charge in [0.25, 0.3) is 0 Å². The lowest BCUT2D eigenvalue weighted by molar-refractivity contribution is -0.0687. The standard InChI is InChI=1S/C18H36N2O/c1-5-15-8-7-9-16(12-15)18(19-6-2)17-13-20(14(3)4)10-11-21-17/h14-19H,5-13H2,1-4H3. The van der Waals surface area contributed by atoms with Crippen LogP contribution in [0.15, 0.2) is 0 Å². The van der Waals surface area contributed by atoms with E-state index in [-0.39, 0.29) is 0 Å². The molecule has 1 N–H and O–H groups in total. The Kier molecular flexibility index (Phi) is 6.97. The number of morpholine rings is 1. The zero-order valence-electron chi connectivity index (χ0n) is 14.6. The first-order valence-electron chi connectivity index (χ1n) is 9.24. The molecule has 2 aliphatic rings. The van der Waals surface area contributed by atoms with Gasteiger partial charge in [-0.15, -0.1) is 0 Å². The zero-order chi connectivity index (χ0) is 15.2. The van der Waals surface area contributed by atoms with Crippen LogP contribution in [0, 0.1) is 11.8 Å². The summed E-state index contributed by atoms with van der Waals surface area (Å²) in [5.74, 6) is 1.75. The van der Waals surface area contributed by atoms with Crippen LogP contribution in [-0.4, -0.2) is 49.3 Å². The van der Waals surface area contributed by atoms with Crippen LogP contribution in [0.5, 0.6) is 0 Å². The van der Waals surface area contributed by atoms with Gasteiger partial charge in [0.15, 0.2) is 0 Å². The number of likely N-dealkylation sites (N-methyl/N-ethyl adjacent to an activating group) is 1. The van der Waals surface area contributed by atoms with Crippen molar-refractivity contribution in [1.82, 2.24) is 10.2 Å². The monoisotopic (exact) mass is 296 g/mol. The lowest BCUT2D eigenvalue weighted by Crippen LogP contribution is -2.56. The Labute approximate surface area is 131 Å². The van der Waals surface area contributed by atoms with Crippen LogP contribution in [0.1, 0.15) is 59.8 Å². The Morgan fingerprint density at radius 1 is 1.24 bits per heavy atom. The molecule has 4 atom stereocenters. The first-order chi connectivity index (χ1) is 10.2. The molecular weight excluding hydrogens is 260 g/mol. The van der Waals surface area contributed by atoms with Crippen molar-refractivity contribution in [2.45, 2.75) is 78.0 Å². The first kappa shape index (κ1) is 17.2. The van der Waals surface area contributed by atoms with Gasteiger partial charge < -0.3 is 10.1 Å². The van der Waals surface area contributed by atoms with Crippen LogP contribution in [-0.2, 0) is 4.74 Å². The number of rotatable bonds is 6. The maximum atomic E-state index is 6.19. The minimum atomic E-state index is 0.377. The summed E-state index contributed by atoms with van der Waals surface area (Å²) in [7, 11) is 0. The summed E-state index contributed by atoms with van der Waals surface area (Å²) in [4.78, 5) is 2.58. The molecule has 2 fully saturated rings. The van der Waals surface area contributed by atoms with Gasteiger partial charge in [-0.25, -0.2) is 0 Å². The third kappa shape index (κ3) is 4.67. The van der Waals surface area contributed by atoms with Crippen molar-refractivity contribution in [2.75, 3.05) is 26.2 Å². The van der Waals surface area contributed by atoms with Gasteiger partial charge in [-0.3, -0.25) is 4.90 Å². The fourth-order valence-corrected chi connectivity index (χ4v) is 4.25. The Hall–Kier alpha value is -0.120. The Morgan fingerprint density at radius 3 is 2.71 bits per heavy atom. The molecule has 0 aromatic rings. The Morgan fingerprint density at radius 2 is 2.05 bits per heavy atom. The highest BCUT2D eigenvalue weighted by Gasteiger charge is 2.35. The van der Waals surface area contributed by atoms with Gasteiger partial charge >= 0.3 is 0 Å². The van der Waals surface area contributed by atoms with E-state index in [4.69, 9.17) is 4.74 Å². The van der Waals surface area contributed by atoms with Crippen LogP contribution >= 0.6 is 0 Å². The van der Waals surface area contributed by atoms with Gasteiger partial charge in [0.05, 0.1) is 12.7 Å². The summed E-state index contributed by atoms with van der Waals surface area (Å²) in [5.41, 5.74) is 0. The summed E-state index contributed by atoms with van der Waals surface area (Å²) in [6.07, 6.45) is 7.35. The molecule has 1 saturated heterocycles. The molecule has 0 spiro atoms. The first-order valence-corrected chi connectivity index (χ1v) is 9.24. The van der Waals surface area contributed by atoms with Crippen LogP contribution in [0.2, 0.25) is 0 Å². The number of hydrogen-bond donors (Lipinski definition) is 1. The van der Waals surface area contributed by atoms with Gasteiger partial charge in [-0.1, -0.05) is 33.1 Å². The average molecular weight is 296 g/mol. The van der Waals surface area contributed by atoms with Crippen LogP contribution in [0.3, 0.4) is 0 Å². The van der Waals surface area contributed by atoms with Crippen molar-refractivity contribution in [1.29, 1.82) is 0 Å². The molecule has 1 saturated carbocycles. The smallest absolute Gasteiger partial charge is 0.0858 e. The van der Waals surface area contributed by atoms with E-state index in [0.717, 1.165) is 38.1 Å². The number of hydrogen-bond acceptors (Lipinski definition) is 3. The summed E-state index contributed by atoms with van der Waals surface area (Å²) in [6, 6.07) is 1.18. The zero-order valence-corrected chi connectivity index (χ0v) is 14.6. The molecule has 0 amide bonds. The maximum absolute atomic E-state index is 6.19. The largest absolute Gasteiger partial charge is 0.374 e. The van der Waals surface area contributed by atoms with Crippen molar-refractivity contribution >= 4 is 0 Å². The molecule has 1 aliphatic carbocycles. The SMILES string of the molecule is CCNC(C1CCCC(CC)C1)C1CN(C(C)C)CCO1. The lowest BCUT2D eigenvalue weighted by Gasteiger charge is -2.43. The van der Waals surface area contributed by atoms with Gasteiger partial charge in [0.1, 0.15) is 0 Å². The van der Waals surface area contributed by atoms with E-state index in [0.29, 0.717) is 18.2 Å². The number of ether oxygens (including phenoxy) is 1. The highest BCUT2D eigenvalue weighted by Crippen LogP contribution is 2.34. The van der Waals surface area contributed by atoms with E-state index in [1.165, 1.54) is 32.1 Å². The van der Waals surface area contributed by atoms with Gasteiger partial charge in [0.2, 0.25) is 0 Å². The molecule has 124 valence electrons. The van der Waals surface area contributed by atoms with Crippen LogP contribution in [0.4, 0.5) is 0 Å². The van der Waals surface area contributed by atoms with Crippen LogP contribution in [0.25, 0.3) is 0 Å². The molecule has 4 unspecified atom stereocenters. The summed E-state index contributed by atoms with van der Waals surface area (Å²) >= 11 is 0. The van der Waals surface area contributed by atoms with E-state index in [2.05, 4.69) is 37.9 Å². The quantitative estimate of drug-likeness (QED) is 0.814. The lowest BCUT2D eigenvalue weighted by atomic mass is 9.75. The van der Waals surface area contributed by atoms with Gasteiger partial charge in [-0.2, -0.15) is 0 Å². The van der Waals surface area contributed by atoms with Crippen molar-refractivity contribution in [3.63, 3.8) is 0 Å². The molecule has 0 bridgehead atoms.